The van der Waals surface area contributed by atoms with Crippen LogP contribution in [0.5, 0.6) is 5.75 Å². The van der Waals surface area contributed by atoms with Gasteiger partial charge in [0.25, 0.3) is 0 Å². The quantitative estimate of drug-likeness (QED) is 0.674. The molecule has 0 unspecified atom stereocenters. The van der Waals surface area contributed by atoms with E-state index in [1.165, 1.54) is 0 Å². The van der Waals surface area contributed by atoms with E-state index in [1.807, 2.05) is 19.3 Å². The second-order valence-electron chi connectivity index (χ2n) is 2.63. The lowest BCUT2D eigenvalue weighted by molar-refractivity contribution is 0.240. The van der Waals surface area contributed by atoms with Crippen molar-refractivity contribution >= 4 is 5.82 Å². The van der Waals surface area contributed by atoms with Gasteiger partial charge in [-0.2, -0.15) is 0 Å². The zero-order valence-corrected chi connectivity index (χ0v) is 7.11. The molecule has 0 aliphatic rings. The lowest BCUT2D eigenvalue weighted by Crippen LogP contribution is -2.08. The van der Waals surface area contributed by atoms with Crippen LogP contribution in [-0.4, -0.2) is 16.3 Å². The maximum atomic E-state index is 8.64. The summed E-state index contributed by atoms with van der Waals surface area (Å²) in [4.78, 5) is 3.86. The fourth-order valence-electron chi connectivity index (χ4n) is 0.824. The Balaban J connectivity index is 2.82. The molecule has 66 valence electrons. The summed E-state index contributed by atoms with van der Waals surface area (Å²) in [7, 11) is 0. The highest BCUT2D eigenvalue weighted by Gasteiger charge is 2.03. The second-order valence-corrected chi connectivity index (χ2v) is 2.63. The largest absolute Gasteiger partial charge is 0.487 e. The van der Waals surface area contributed by atoms with Crippen molar-refractivity contribution in [1.29, 1.82) is 0 Å². The first-order chi connectivity index (χ1) is 5.74. The Morgan fingerprint density at radius 1 is 1.58 bits per heavy atom. The van der Waals surface area contributed by atoms with Gasteiger partial charge in [-0.05, 0) is 26.0 Å². The Morgan fingerprint density at radius 3 is 2.92 bits per heavy atom. The summed E-state index contributed by atoms with van der Waals surface area (Å²) in [6, 6.07) is 3.49. The van der Waals surface area contributed by atoms with Crippen LogP contribution in [0.15, 0.2) is 18.3 Å². The molecule has 1 aromatic rings. The molecule has 4 heteroatoms. The first-order valence-electron chi connectivity index (χ1n) is 3.76. The Labute approximate surface area is 71.2 Å². The number of ether oxygens (including phenoxy) is 1. The molecule has 2 N–H and O–H groups in total. The van der Waals surface area contributed by atoms with Gasteiger partial charge in [-0.3, -0.25) is 5.21 Å². The fourth-order valence-corrected chi connectivity index (χ4v) is 0.824. The molecule has 1 rings (SSSR count). The molecular weight excluding hydrogens is 156 g/mol. The minimum Gasteiger partial charge on any atom is -0.487 e. The van der Waals surface area contributed by atoms with E-state index in [1.54, 1.807) is 18.3 Å². The highest BCUT2D eigenvalue weighted by Crippen LogP contribution is 2.20. The molecule has 0 amide bonds. The molecule has 0 aliphatic heterocycles. The summed E-state index contributed by atoms with van der Waals surface area (Å²) < 4.78 is 5.35. The number of hydrogen-bond acceptors (Lipinski definition) is 4. The van der Waals surface area contributed by atoms with Gasteiger partial charge < -0.3 is 4.74 Å². The third-order valence-corrected chi connectivity index (χ3v) is 1.24. The molecule has 0 radical (unpaired) electrons. The summed E-state index contributed by atoms with van der Waals surface area (Å²) >= 11 is 0. The van der Waals surface area contributed by atoms with E-state index in [-0.39, 0.29) is 6.10 Å². The summed E-state index contributed by atoms with van der Waals surface area (Å²) in [6.45, 7) is 3.82. The van der Waals surface area contributed by atoms with Crippen molar-refractivity contribution in [3.63, 3.8) is 0 Å². The molecule has 0 atom stereocenters. The minimum absolute atomic E-state index is 0.0706. The van der Waals surface area contributed by atoms with Crippen LogP contribution in [0.25, 0.3) is 0 Å². The van der Waals surface area contributed by atoms with Crippen LogP contribution < -0.4 is 10.2 Å². The van der Waals surface area contributed by atoms with Crippen LogP contribution in [0.2, 0.25) is 0 Å². The Morgan fingerprint density at radius 2 is 2.33 bits per heavy atom. The predicted octanol–water partition coefficient (Wildman–Crippen LogP) is 1.67. The van der Waals surface area contributed by atoms with Gasteiger partial charge in [0.2, 0.25) is 0 Å². The van der Waals surface area contributed by atoms with Gasteiger partial charge in [-0.1, -0.05) is 0 Å². The topological polar surface area (TPSA) is 54.4 Å². The van der Waals surface area contributed by atoms with E-state index in [4.69, 9.17) is 9.94 Å². The Hall–Kier alpha value is -1.29. The van der Waals surface area contributed by atoms with Crippen LogP contribution in [-0.2, 0) is 0 Å². The molecule has 0 aliphatic carbocycles. The smallest absolute Gasteiger partial charge is 0.192 e. The van der Waals surface area contributed by atoms with E-state index < -0.39 is 0 Å². The number of nitrogens with zero attached hydrogens (tertiary/aromatic N) is 1. The fraction of sp³-hybridized carbons (Fsp3) is 0.375. The van der Waals surface area contributed by atoms with Gasteiger partial charge in [0.1, 0.15) is 0 Å². The van der Waals surface area contributed by atoms with E-state index in [0.717, 1.165) is 0 Å². The molecule has 0 bridgehead atoms. The summed E-state index contributed by atoms with van der Waals surface area (Å²) in [6.07, 6.45) is 1.65. The standard InChI is InChI=1S/C8H12N2O2/c1-6(2)12-7-4-3-5-9-8(7)10-11/h3-6,11H,1-2H3,(H,9,10). The van der Waals surface area contributed by atoms with Gasteiger partial charge in [-0.25, -0.2) is 10.5 Å². The summed E-state index contributed by atoms with van der Waals surface area (Å²) in [5.74, 6) is 0.890. The van der Waals surface area contributed by atoms with Crippen LogP contribution in [0.4, 0.5) is 5.82 Å². The number of aromatic nitrogens is 1. The highest BCUT2D eigenvalue weighted by atomic mass is 16.5. The zero-order valence-electron chi connectivity index (χ0n) is 7.11. The minimum atomic E-state index is 0.0706. The van der Waals surface area contributed by atoms with E-state index in [2.05, 4.69) is 4.98 Å². The van der Waals surface area contributed by atoms with Gasteiger partial charge in [0, 0.05) is 6.20 Å². The van der Waals surface area contributed by atoms with Crippen molar-refractivity contribution in [2.75, 3.05) is 5.48 Å². The van der Waals surface area contributed by atoms with Crippen molar-refractivity contribution in [3.05, 3.63) is 18.3 Å². The first-order valence-corrected chi connectivity index (χ1v) is 3.76. The normalized spacial score (nSPS) is 10.0. The van der Waals surface area contributed by atoms with Gasteiger partial charge >= 0.3 is 0 Å². The second kappa shape index (κ2) is 3.92. The maximum Gasteiger partial charge on any atom is 0.192 e. The third-order valence-electron chi connectivity index (χ3n) is 1.24. The lowest BCUT2D eigenvalue weighted by atomic mass is 10.4. The summed E-state index contributed by atoms with van der Waals surface area (Å²) in [5.41, 5.74) is 1.96. The van der Waals surface area contributed by atoms with Crippen LogP contribution in [0.1, 0.15) is 13.8 Å². The van der Waals surface area contributed by atoms with E-state index in [9.17, 15) is 0 Å². The molecular formula is C8H12N2O2. The van der Waals surface area contributed by atoms with Crippen molar-refractivity contribution in [2.24, 2.45) is 0 Å². The van der Waals surface area contributed by atoms with Crippen LogP contribution in [0, 0.1) is 0 Å². The molecule has 0 spiro atoms. The SMILES string of the molecule is CC(C)Oc1cccnc1NO. The van der Waals surface area contributed by atoms with Gasteiger partial charge in [0.15, 0.2) is 11.6 Å². The molecule has 1 heterocycles. The first kappa shape index (κ1) is 8.80. The van der Waals surface area contributed by atoms with Crippen molar-refractivity contribution < 1.29 is 9.94 Å². The molecule has 0 saturated carbocycles. The molecule has 0 fully saturated rings. The van der Waals surface area contributed by atoms with E-state index >= 15 is 0 Å². The monoisotopic (exact) mass is 168 g/mol. The molecule has 4 nitrogen and oxygen atoms in total. The lowest BCUT2D eigenvalue weighted by Gasteiger charge is -2.11. The molecule has 1 aromatic heterocycles. The third kappa shape index (κ3) is 2.10. The van der Waals surface area contributed by atoms with Crippen molar-refractivity contribution in [2.45, 2.75) is 20.0 Å². The number of hydrogen-bond donors (Lipinski definition) is 2. The predicted molar refractivity (Wildman–Crippen MR) is 45.4 cm³/mol. The van der Waals surface area contributed by atoms with Crippen molar-refractivity contribution in [3.8, 4) is 5.75 Å². The average molecular weight is 168 g/mol. The zero-order chi connectivity index (χ0) is 8.97. The van der Waals surface area contributed by atoms with Crippen molar-refractivity contribution in [1.82, 2.24) is 4.98 Å². The summed E-state index contributed by atoms with van der Waals surface area (Å²) in [5, 5.41) is 8.64. The van der Waals surface area contributed by atoms with Gasteiger partial charge in [0.05, 0.1) is 6.10 Å². The van der Waals surface area contributed by atoms with Crippen LogP contribution in [0.3, 0.4) is 0 Å². The van der Waals surface area contributed by atoms with Gasteiger partial charge in [-0.15, -0.1) is 0 Å². The van der Waals surface area contributed by atoms with E-state index in [0.29, 0.717) is 11.6 Å². The maximum absolute atomic E-state index is 8.64. The molecule has 12 heavy (non-hydrogen) atoms. The Kier molecular flexibility index (Phi) is 2.88. The number of pyridine rings is 1. The molecule has 0 saturated heterocycles. The van der Waals surface area contributed by atoms with Crippen LogP contribution >= 0.6 is 0 Å². The highest BCUT2D eigenvalue weighted by molar-refractivity contribution is 5.47. The number of nitrogens with one attached hydrogen (secondary N) is 1. The molecule has 0 aromatic carbocycles. The number of rotatable bonds is 3. The number of anilines is 1. The average Bonchev–Trinajstić information content (AvgIpc) is 2.04. The Bertz CT molecular complexity index is 251.